The van der Waals surface area contributed by atoms with Gasteiger partial charge in [0.25, 0.3) is 6.47 Å². The highest BCUT2D eigenvalue weighted by Gasteiger charge is 2.18. The highest BCUT2D eigenvalue weighted by Crippen LogP contribution is 2.21. The van der Waals surface area contributed by atoms with Crippen molar-refractivity contribution in [2.75, 3.05) is 6.54 Å². The fraction of sp³-hybridized carbons (Fsp3) is 0.389. The third-order valence-corrected chi connectivity index (χ3v) is 4.09. The van der Waals surface area contributed by atoms with E-state index in [1.54, 1.807) is 0 Å². The van der Waals surface area contributed by atoms with Gasteiger partial charge in [-0.05, 0) is 35.6 Å². The Balaban J connectivity index is 0.000000545. The molecular weight excluding hydrogens is 276 g/mol. The SMILES string of the molecule is CCCC1C=CCN1Cc1ccc2c(ccn2C)c1.O=CO. The Morgan fingerprint density at radius 1 is 1.36 bits per heavy atom. The third kappa shape index (κ3) is 3.77. The minimum absolute atomic E-state index is 0.250. The van der Waals surface area contributed by atoms with Crippen molar-refractivity contribution >= 4 is 17.4 Å². The average molecular weight is 300 g/mol. The fourth-order valence-electron chi connectivity index (χ4n) is 3.03. The van der Waals surface area contributed by atoms with Gasteiger partial charge >= 0.3 is 0 Å². The standard InChI is InChI=1S/C17H22N2.CH2O2/c1-3-5-16-6-4-10-19(16)13-14-7-8-17-15(12-14)9-11-18(17)2;2-1-3/h4,6-9,11-12,16H,3,5,10,13H2,1-2H3;1H,(H,2,3). The van der Waals surface area contributed by atoms with Crippen LogP contribution >= 0.6 is 0 Å². The summed E-state index contributed by atoms with van der Waals surface area (Å²) in [5.74, 6) is 0. The van der Waals surface area contributed by atoms with Crippen LogP contribution in [0.4, 0.5) is 0 Å². The Bertz CT molecular complexity index is 646. The molecular formula is C18H24N2O2. The van der Waals surface area contributed by atoms with Gasteiger partial charge in [-0.1, -0.05) is 31.6 Å². The number of hydrogen-bond donors (Lipinski definition) is 1. The van der Waals surface area contributed by atoms with E-state index >= 15 is 0 Å². The highest BCUT2D eigenvalue weighted by atomic mass is 16.3. The molecule has 1 aromatic carbocycles. The van der Waals surface area contributed by atoms with E-state index in [1.807, 2.05) is 0 Å². The molecule has 2 aromatic rings. The Morgan fingerprint density at radius 2 is 2.14 bits per heavy atom. The minimum Gasteiger partial charge on any atom is -0.483 e. The molecule has 0 saturated heterocycles. The molecule has 0 spiro atoms. The lowest BCUT2D eigenvalue weighted by atomic mass is 10.1. The number of hydrogen-bond acceptors (Lipinski definition) is 2. The summed E-state index contributed by atoms with van der Waals surface area (Å²) >= 11 is 0. The molecule has 0 amide bonds. The van der Waals surface area contributed by atoms with Crippen molar-refractivity contribution in [3.8, 4) is 0 Å². The summed E-state index contributed by atoms with van der Waals surface area (Å²) in [6.45, 7) is 4.17. The van der Waals surface area contributed by atoms with E-state index in [2.05, 4.69) is 66.1 Å². The van der Waals surface area contributed by atoms with Crippen LogP contribution in [0.5, 0.6) is 0 Å². The smallest absolute Gasteiger partial charge is 0.290 e. The quantitative estimate of drug-likeness (QED) is 0.695. The van der Waals surface area contributed by atoms with E-state index in [-0.39, 0.29) is 6.47 Å². The Kier molecular flexibility index (Phi) is 5.78. The molecule has 1 N–H and O–H groups in total. The molecule has 1 aromatic heterocycles. The van der Waals surface area contributed by atoms with Crippen molar-refractivity contribution in [2.24, 2.45) is 7.05 Å². The summed E-state index contributed by atoms with van der Waals surface area (Å²) in [5.41, 5.74) is 2.73. The van der Waals surface area contributed by atoms with Crippen molar-refractivity contribution < 1.29 is 9.90 Å². The van der Waals surface area contributed by atoms with Crippen LogP contribution < -0.4 is 0 Å². The van der Waals surface area contributed by atoms with Crippen LogP contribution in [0.3, 0.4) is 0 Å². The molecule has 118 valence electrons. The van der Waals surface area contributed by atoms with Crippen LogP contribution in [0.1, 0.15) is 25.3 Å². The molecule has 4 heteroatoms. The lowest BCUT2D eigenvalue weighted by Crippen LogP contribution is -2.29. The second-order valence-corrected chi connectivity index (χ2v) is 5.64. The zero-order chi connectivity index (χ0) is 15.9. The molecule has 1 atom stereocenters. The van der Waals surface area contributed by atoms with Gasteiger partial charge in [-0.2, -0.15) is 0 Å². The monoisotopic (exact) mass is 300 g/mol. The maximum atomic E-state index is 8.36. The predicted molar refractivity (Wildman–Crippen MR) is 89.9 cm³/mol. The number of aryl methyl sites for hydroxylation is 1. The summed E-state index contributed by atoms with van der Waals surface area (Å²) < 4.78 is 2.18. The number of fused-ring (bicyclic) bond motifs is 1. The molecule has 1 aliphatic rings. The Labute approximate surface area is 131 Å². The second kappa shape index (κ2) is 7.80. The van der Waals surface area contributed by atoms with Gasteiger partial charge in [0.1, 0.15) is 0 Å². The second-order valence-electron chi connectivity index (χ2n) is 5.64. The molecule has 22 heavy (non-hydrogen) atoms. The van der Waals surface area contributed by atoms with E-state index < -0.39 is 0 Å². The van der Waals surface area contributed by atoms with Crippen LogP contribution in [-0.2, 0) is 18.4 Å². The van der Waals surface area contributed by atoms with Crippen molar-refractivity contribution in [3.05, 3.63) is 48.2 Å². The molecule has 1 unspecified atom stereocenters. The van der Waals surface area contributed by atoms with Crippen molar-refractivity contribution in [2.45, 2.75) is 32.4 Å². The zero-order valence-electron chi connectivity index (χ0n) is 13.3. The Morgan fingerprint density at radius 3 is 2.86 bits per heavy atom. The van der Waals surface area contributed by atoms with Gasteiger partial charge in [0.2, 0.25) is 0 Å². The first kappa shape index (κ1) is 16.3. The van der Waals surface area contributed by atoms with Gasteiger partial charge in [-0.15, -0.1) is 0 Å². The molecule has 0 aliphatic carbocycles. The summed E-state index contributed by atoms with van der Waals surface area (Å²) in [7, 11) is 2.10. The lowest BCUT2D eigenvalue weighted by molar-refractivity contribution is -0.122. The first-order valence-corrected chi connectivity index (χ1v) is 7.72. The van der Waals surface area contributed by atoms with Crippen molar-refractivity contribution in [1.29, 1.82) is 0 Å². The summed E-state index contributed by atoms with van der Waals surface area (Å²) in [6, 6.07) is 9.67. The predicted octanol–water partition coefficient (Wildman–Crippen LogP) is 3.42. The van der Waals surface area contributed by atoms with Crippen molar-refractivity contribution in [1.82, 2.24) is 9.47 Å². The normalized spacial score (nSPS) is 17.5. The maximum Gasteiger partial charge on any atom is 0.290 e. The lowest BCUT2D eigenvalue weighted by Gasteiger charge is -2.24. The van der Waals surface area contributed by atoms with Crippen LogP contribution in [0.25, 0.3) is 10.9 Å². The topological polar surface area (TPSA) is 45.5 Å². The van der Waals surface area contributed by atoms with Gasteiger partial charge in [0.05, 0.1) is 0 Å². The van der Waals surface area contributed by atoms with Crippen LogP contribution in [0.15, 0.2) is 42.6 Å². The molecule has 0 saturated carbocycles. The highest BCUT2D eigenvalue weighted by molar-refractivity contribution is 5.80. The van der Waals surface area contributed by atoms with E-state index in [1.165, 1.54) is 29.3 Å². The molecule has 2 heterocycles. The van der Waals surface area contributed by atoms with Gasteiger partial charge in [-0.25, -0.2) is 0 Å². The number of nitrogens with zero attached hydrogens (tertiary/aromatic N) is 2. The van der Waals surface area contributed by atoms with Gasteiger partial charge in [-0.3, -0.25) is 9.69 Å². The van der Waals surface area contributed by atoms with Gasteiger partial charge in [0, 0.05) is 37.9 Å². The molecule has 4 nitrogen and oxygen atoms in total. The molecule has 3 rings (SSSR count). The number of aromatic nitrogens is 1. The van der Waals surface area contributed by atoms with E-state index in [0.717, 1.165) is 13.1 Å². The fourth-order valence-corrected chi connectivity index (χ4v) is 3.03. The van der Waals surface area contributed by atoms with Crippen LogP contribution in [0, 0.1) is 0 Å². The number of carboxylic acid groups (broad SMARTS) is 1. The van der Waals surface area contributed by atoms with E-state index in [9.17, 15) is 0 Å². The van der Waals surface area contributed by atoms with Gasteiger partial charge < -0.3 is 9.67 Å². The molecule has 0 fully saturated rings. The Hall–Kier alpha value is -2.07. The van der Waals surface area contributed by atoms with Crippen LogP contribution in [-0.4, -0.2) is 33.6 Å². The first-order valence-electron chi connectivity index (χ1n) is 7.72. The average Bonchev–Trinajstić information content (AvgIpc) is 3.08. The first-order chi connectivity index (χ1) is 10.7. The summed E-state index contributed by atoms with van der Waals surface area (Å²) in [4.78, 5) is 10.9. The third-order valence-electron chi connectivity index (χ3n) is 4.09. The summed E-state index contributed by atoms with van der Waals surface area (Å²) in [6.07, 6.45) is 9.32. The number of rotatable bonds is 4. The van der Waals surface area contributed by atoms with E-state index in [4.69, 9.17) is 9.90 Å². The van der Waals surface area contributed by atoms with Crippen LogP contribution in [0.2, 0.25) is 0 Å². The van der Waals surface area contributed by atoms with E-state index in [0.29, 0.717) is 6.04 Å². The largest absolute Gasteiger partial charge is 0.483 e. The summed E-state index contributed by atoms with van der Waals surface area (Å²) in [5, 5.41) is 8.24. The van der Waals surface area contributed by atoms with Gasteiger partial charge in [0.15, 0.2) is 0 Å². The zero-order valence-corrected chi connectivity index (χ0v) is 13.3. The molecule has 0 bridgehead atoms. The van der Waals surface area contributed by atoms with Crippen molar-refractivity contribution in [3.63, 3.8) is 0 Å². The maximum absolute atomic E-state index is 8.36. The number of benzene rings is 1. The number of carbonyl (C=O) groups is 1. The molecule has 0 radical (unpaired) electrons. The minimum atomic E-state index is -0.250. The molecule has 1 aliphatic heterocycles.